The molecule has 0 N–H and O–H groups in total. The van der Waals surface area contributed by atoms with Crippen molar-refractivity contribution in [3.8, 4) is 0 Å². The first-order chi connectivity index (χ1) is 13.2. The fraction of sp³-hybridized carbons (Fsp3) is 0.731. The molecule has 0 aromatic heterocycles. The molecule has 2 aliphatic carbocycles. The molecule has 0 amide bonds. The van der Waals surface area contributed by atoms with Gasteiger partial charge in [0.25, 0.3) is 0 Å². The van der Waals surface area contributed by atoms with Crippen molar-refractivity contribution in [1.29, 1.82) is 0 Å². The van der Waals surface area contributed by atoms with E-state index in [-0.39, 0.29) is 0 Å². The summed E-state index contributed by atoms with van der Waals surface area (Å²) < 4.78 is 0. The van der Waals surface area contributed by atoms with E-state index < -0.39 is 0 Å². The number of benzene rings is 1. The molecular formula is C26H40O. The predicted octanol–water partition coefficient (Wildman–Crippen LogP) is 8.08. The number of carbonyl (C=O) groups is 1. The van der Waals surface area contributed by atoms with Crippen LogP contribution in [0.4, 0.5) is 0 Å². The van der Waals surface area contributed by atoms with Gasteiger partial charge in [-0.1, -0.05) is 83.1 Å². The molecule has 0 bridgehead atoms. The summed E-state index contributed by atoms with van der Waals surface area (Å²) >= 11 is 0. The molecule has 1 aromatic rings. The van der Waals surface area contributed by atoms with Gasteiger partial charge in [0.2, 0.25) is 0 Å². The highest BCUT2D eigenvalue weighted by molar-refractivity contribution is 5.96. The molecule has 3 atom stereocenters. The lowest BCUT2D eigenvalue weighted by Crippen LogP contribution is -2.42. The van der Waals surface area contributed by atoms with E-state index >= 15 is 0 Å². The van der Waals surface area contributed by atoms with Crippen molar-refractivity contribution >= 4 is 5.78 Å². The number of carbonyl (C=O) groups excluding carboxylic acids is 1. The Morgan fingerprint density at radius 2 is 1.67 bits per heavy atom. The first-order valence-corrected chi connectivity index (χ1v) is 11.8. The third-order valence-corrected chi connectivity index (χ3v) is 7.64. The van der Waals surface area contributed by atoms with Gasteiger partial charge in [0.15, 0.2) is 5.78 Å². The van der Waals surface area contributed by atoms with Crippen LogP contribution in [0.15, 0.2) is 24.3 Å². The van der Waals surface area contributed by atoms with Crippen molar-refractivity contribution in [2.24, 2.45) is 11.3 Å². The molecule has 27 heavy (non-hydrogen) atoms. The highest BCUT2D eigenvalue weighted by Gasteiger charge is 2.48. The average Bonchev–Trinajstić information content (AvgIpc) is 2.72. The maximum atomic E-state index is 12.4. The summed E-state index contributed by atoms with van der Waals surface area (Å²) in [6.45, 7) is 4.47. The summed E-state index contributed by atoms with van der Waals surface area (Å²) in [6, 6.07) is 8.86. The molecule has 2 fully saturated rings. The van der Waals surface area contributed by atoms with Crippen LogP contribution in [-0.2, 0) is 0 Å². The van der Waals surface area contributed by atoms with Crippen molar-refractivity contribution < 1.29 is 4.79 Å². The topological polar surface area (TPSA) is 17.1 Å². The molecule has 0 aliphatic heterocycles. The van der Waals surface area contributed by atoms with Crippen molar-refractivity contribution in [2.75, 3.05) is 0 Å². The van der Waals surface area contributed by atoms with Gasteiger partial charge < -0.3 is 0 Å². The predicted molar refractivity (Wildman–Crippen MR) is 115 cm³/mol. The molecular weight excluding hydrogens is 328 g/mol. The quantitative estimate of drug-likeness (QED) is 0.318. The van der Waals surface area contributed by atoms with Gasteiger partial charge in [0.05, 0.1) is 0 Å². The largest absolute Gasteiger partial charge is 0.294 e. The molecule has 0 spiro atoms. The zero-order valence-corrected chi connectivity index (χ0v) is 17.8. The average molecular weight is 369 g/mol. The van der Waals surface area contributed by atoms with Gasteiger partial charge in [-0.2, -0.15) is 0 Å². The molecule has 150 valence electrons. The van der Waals surface area contributed by atoms with Gasteiger partial charge in [-0.15, -0.1) is 0 Å². The summed E-state index contributed by atoms with van der Waals surface area (Å²) in [5.41, 5.74) is 2.98. The normalized spacial score (nSPS) is 27.9. The third-order valence-electron chi connectivity index (χ3n) is 7.64. The zero-order chi connectivity index (χ0) is 19.1. The van der Waals surface area contributed by atoms with E-state index in [4.69, 9.17) is 0 Å². The number of fused-ring (bicyclic) bond motifs is 1. The van der Waals surface area contributed by atoms with Crippen LogP contribution >= 0.6 is 0 Å². The Kier molecular flexibility index (Phi) is 7.56. The van der Waals surface area contributed by atoms with E-state index in [1.807, 2.05) is 0 Å². The van der Waals surface area contributed by atoms with Gasteiger partial charge in [-0.25, -0.2) is 0 Å². The summed E-state index contributed by atoms with van der Waals surface area (Å²) in [6.07, 6.45) is 18.3. The maximum Gasteiger partial charge on any atom is 0.162 e. The molecule has 0 saturated heterocycles. The summed E-state index contributed by atoms with van der Waals surface area (Å²) in [7, 11) is 0. The van der Waals surface area contributed by atoms with Crippen molar-refractivity contribution in [3.63, 3.8) is 0 Å². The second kappa shape index (κ2) is 9.89. The fourth-order valence-corrected chi connectivity index (χ4v) is 6.17. The van der Waals surface area contributed by atoms with Crippen LogP contribution in [0.3, 0.4) is 0 Å². The van der Waals surface area contributed by atoms with Crippen LogP contribution in [-0.4, -0.2) is 5.78 Å². The van der Waals surface area contributed by atoms with Crippen molar-refractivity contribution in [2.45, 2.75) is 110 Å². The number of hydrogen-bond acceptors (Lipinski definition) is 1. The first kappa shape index (κ1) is 20.6. The molecule has 1 heteroatoms. The molecule has 1 nitrogen and oxygen atoms in total. The minimum atomic E-state index is 0.320. The number of unbranched alkanes of at least 4 members (excludes halogenated alkanes) is 3. The van der Waals surface area contributed by atoms with Gasteiger partial charge in [0.1, 0.15) is 0 Å². The van der Waals surface area contributed by atoms with Gasteiger partial charge in [-0.3, -0.25) is 4.79 Å². The summed E-state index contributed by atoms with van der Waals surface area (Å²) in [4.78, 5) is 12.4. The maximum absolute atomic E-state index is 12.4. The van der Waals surface area contributed by atoms with E-state index in [1.54, 1.807) is 0 Å². The van der Waals surface area contributed by atoms with Crippen LogP contribution < -0.4 is 0 Å². The Balaban J connectivity index is 1.80. The molecule has 2 saturated carbocycles. The lowest BCUT2D eigenvalue weighted by Gasteiger charge is -2.53. The van der Waals surface area contributed by atoms with Gasteiger partial charge in [-0.05, 0) is 61.3 Å². The highest BCUT2D eigenvalue weighted by Crippen LogP contribution is 2.59. The number of hydrogen-bond donors (Lipinski definition) is 0. The van der Waals surface area contributed by atoms with E-state index in [2.05, 4.69) is 38.1 Å². The lowest BCUT2D eigenvalue weighted by molar-refractivity contribution is 0.00976. The Hall–Kier alpha value is -1.11. The van der Waals surface area contributed by atoms with Crippen LogP contribution in [0, 0.1) is 11.3 Å². The third kappa shape index (κ3) is 4.66. The van der Waals surface area contributed by atoms with Crippen molar-refractivity contribution in [3.05, 3.63) is 35.4 Å². The minimum Gasteiger partial charge on any atom is -0.294 e. The smallest absolute Gasteiger partial charge is 0.162 e. The van der Waals surface area contributed by atoms with Crippen LogP contribution in [0.5, 0.6) is 0 Å². The first-order valence-electron chi connectivity index (χ1n) is 11.8. The van der Waals surface area contributed by atoms with Crippen LogP contribution in [0.2, 0.25) is 0 Å². The second-order valence-electron chi connectivity index (χ2n) is 9.27. The van der Waals surface area contributed by atoms with Gasteiger partial charge in [0, 0.05) is 12.0 Å². The summed E-state index contributed by atoms with van der Waals surface area (Å²) in [5, 5.41) is 0. The summed E-state index contributed by atoms with van der Waals surface area (Å²) in [5.74, 6) is 1.97. The Bertz CT molecular complexity index is 585. The Morgan fingerprint density at radius 3 is 2.41 bits per heavy atom. The van der Waals surface area contributed by atoms with Crippen molar-refractivity contribution in [1.82, 2.24) is 0 Å². The molecule has 1 aromatic carbocycles. The van der Waals surface area contributed by atoms with E-state index in [0.717, 1.165) is 24.3 Å². The Morgan fingerprint density at radius 1 is 0.926 bits per heavy atom. The van der Waals surface area contributed by atoms with E-state index in [1.165, 1.54) is 76.2 Å². The number of rotatable bonds is 9. The second-order valence-corrected chi connectivity index (χ2v) is 9.27. The van der Waals surface area contributed by atoms with E-state index in [9.17, 15) is 4.79 Å². The minimum absolute atomic E-state index is 0.320. The zero-order valence-electron chi connectivity index (χ0n) is 17.8. The molecule has 2 aliphatic rings. The van der Waals surface area contributed by atoms with E-state index in [0.29, 0.717) is 23.5 Å². The monoisotopic (exact) mass is 368 g/mol. The fourth-order valence-electron chi connectivity index (χ4n) is 6.17. The SMILES string of the molecule is CCCCC[C@]12CCCC[C@@H]1CCCC2c1ccc(C(=O)CCCC)cc1. The molecule has 0 radical (unpaired) electrons. The number of Topliss-reactive ketones (excluding diaryl/α,β-unsaturated/α-hetero) is 1. The van der Waals surface area contributed by atoms with Crippen LogP contribution in [0.25, 0.3) is 0 Å². The van der Waals surface area contributed by atoms with Gasteiger partial charge >= 0.3 is 0 Å². The molecule has 0 heterocycles. The molecule has 1 unspecified atom stereocenters. The Labute approximate surface area is 167 Å². The standard InChI is InChI=1S/C26H40O/c1-3-5-8-19-26-20-9-7-11-23(26)12-10-13-24(26)21-15-17-22(18-16-21)25(27)14-6-4-2/h15-18,23-24H,3-14,19-20H2,1-2H3/t23-,24?,26+/m1/s1. The highest BCUT2D eigenvalue weighted by atomic mass is 16.1. The van der Waals surface area contributed by atoms with Crippen LogP contribution in [0.1, 0.15) is 126 Å². The lowest BCUT2D eigenvalue weighted by atomic mass is 9.51. The number of ketones is 1. The molecule has 3 rings (SSSR count).